The molecule has 1 aromatic carbocycles. The Bertz CT molecular complexity index is 593. The van der Waals surface area contributed by atoms with Gasteiger partial charge in [0.2, 0.25) is 0 Å². The molecule has 1 saturated heterocycles. The number of aromatic amines is 1. The molecule has 0 saturated carbocycles. The molecule has 3 rings (SSSR count). The molecule has 0 amide bonds. The fourth-order valence-electron chi connectivity index (χ4n) is 2.45. The Morgan fingerprint density at radius 2 is 2.35 bits per heavy atom. The topological polar surface area (TPSA) is 59.1 Å². The van der Waals surface area contributed by atoms with Crippen LogP contribution in [0.2, 0.25) is 0 Å². The second kappa shape index (κ2) is 3.92. The van der Waals surface area contributed by atoms with Gasteiger partial charge in [0.1, 0.15) is 5.75 Å². The van der Waals surface area contributed by atoms with Crippen LogP contribution in [0.3, 0.4) is 0 Å². The molecule has 5 nitrogen and oxygen atoms in total. The molecule has 0 bridgehead atoms. The number of benzene rings is 1. The molecule has 1 aliphatic heterocycles. The van der Waals surface area contributed by atoms with Gasteiger partial charge in [-0.25, -0.2) is 4.79 Å². The summed E-state index contributed by atoms with van der Waals surface area (Å²) in [6.45, 7) is 1.82. The van der Waals surface area contributed by atoms with E-state index >= 15 is 0 Å². The number of hydrogen-bond acceptors (Lipinski definition) is 3. The van der Waals surface area contributed by atoms with E-state index in [-0.39, 0.29) is 11.7 Å². The first-order valence-electron chi connectivity index (χ1n) is 5.78. The molecule has 5 heteroatoms. The average Bonchev–Trinajstić information content (AvgIpc) is 2.93. The highest BCUT2D eigenvalue weighted by molar-refractivity contribution is 5.77. The van der Waals surface area contributed by atoms with Crippen LogP contribution in [0.1, 0.15) is 12.5 Å². The van der Waals surface area contributed by atoms with Crippen molar-refractivity contribution >= 4 is 11.0 Å². The van der Waals surface area contributed by atoms with Gasteiger partial charge in [-0.1, -0.05) is 0 Å². The zero-order chi connectivity index (χ0) is 11.8. The standard InChI is InChI=1S/C12H15N3O2/c1-17-9-2-3-10-11(6-9)15(12(16)14-10)8-4-5-13-7-8/h2-3,6,8,13H,4-5,7H2,1H3,(H,14,16). The molecule has 2 aromatic rings. The van der Waals surface area contributed by atoms with Gasteiger partial charge in [-0.15, -0.1) is 0 Å². The maximum atomic E-state index is 12.0. The summed E-state index contributed by atoms with van der Waals surface area (Å²) in [5.74, 6) is 0.774. The molecule has 1 aliphatic rings. The Kier molecular flexibility index (Phi) is 2.40. The molecule has 90 valence electrons. The Hall–Kier alpha value is -1.75. The fourth-order valence-corrected chi connectivity index (χ4v) is 2.45. The molecule has 2 heterocycles. The summed E-state index contributed by atoms with van der Waals surface area (Å²) in [4.78, 5) is 14.8. The minimum absolute atomic E-state index is 0.0399. The van der Waals surface area contributed by atoms with Gasteiger partial charge < -0.3 is 15.0 Å². The van der Waals surface area contributed by atoms with Gasteiger partial charge in [0.15, 0.2) is 0 Å². The summed E-state index contributed by atoms with van der Waals surface area (Å²) in [6, 6.07) is 5.89. The van der Waals surface area contributed by atoms with Crippen LogP contribution in [0.5, 0.6) is 5.75 Å². The van der Waals surface area contributed by atoms with Gasteiger partial charge in [0.25, 0.3) is 0 Å². The van der Waals surface area contributed by atoms with Crippen LogP contribution >= 0.6 is 0 Å². The minimum Gasteiger partial charge on any atom is -0.497 e. The first-order chi connectivity index (χ1) is 8.29. The van der Waals surface area contributed by atoms with Crippen LogP contribution in [-0.2, 0) is 0 Å². The lowest BCUT2D eigenvalue weighted by Gasteiger charge is -2.10. The van der Waals surface area contributed by atoms with E-state index in [9.17, 15) is 4.79 Å². The highest BCUT2D eigenvalue weighted by Gasteiger charge is 2.20. The highest BCUT2D eigenvalue weighted by Crippen LogP contribution is 2.23. The Morgan fingerprint density at radius 3 is 3.06 bits per heavy atom. The molecule has 0 radical (unpaired) electrons. The summed E-state index contributed by atoms with van der Waals surface area (Å²) in [5, 5.41) is 3.28. The van der Waals surface area contributed by atoms with Crippen molar-refractivity contribution in [1.82, 2.24) is 14.9 Å². The van der Waals surface area contributed by atoms with Gasteiger partial charge in [0, 0.05) is 12.6 Å². The number of H-pyrrole nitrogens is 1. The van der Waals surface area contributed by atoms with Gasteiger partial charge in [-0.3, -0.25) is 4.57 Å². The molecule has 1 unspecified atom stereocenters. The van der Waals surface area contributed by atoms with Crippen LogP contribution in [0.4, 0.5) is 0 Å². The number of fused-ring (bicyclic) bond motifs is 1. The first kappa shape index (κ1) is 10.4. The molecule has 2 N–H and O–H groups in total. The first-order valence-corrected chi connectivity index (χ1v) is 5.78. The van der Waals surface area contributed by atoms with Crippen molar-refractivity contribution in [3.63, 3.8) is 0 Å². The fraction of sp³-hybridized carbons (Fsp3) is 0.417. The number of ether oxygens (including phenoxy) is 1. The van der Waals surface area contributed by atoms with E-state index in [1.165, 1.54) is 0 Å². The molecular weight excluding hydrogens is 218 g/mol. The lowest BCUT2D eigenvalue weighted by atomic mass is 10.2. The van der Waals surface area contributed by atoms with Crippen molar-refractivity contribution in [3.8, 4) is 5.75 Å². The number of hydrogen-bond donors (Lipinski definition) is 2. The normalized spacial score (nSPS) is 19.9. The average molecular weight is 233 g/mol. The smallest absolute Gasteiger partial charge is 0.326 e. The summed E-state index contributed by atoms with van der Waals surface area (Å²) >= 11 is 0. The van der Waals surface area contributed by atoms with Gasteiger partial charge in [0.05, 0.1) is 24.2 Å². The second-order valence-electron chi connectivity index (χ2n) is 4.33. The third kappa shape index (κ3) is 1.63. The van der Waals surface area contributed by atoms with Crippen molar-refractivity contribution in [2.75, 3.05) is 20.2 Å². The molecule has 1 aromatic heterocycles. The van der Waals surface area contributed by atoms with E-state index in [2.05, 4.69) is 10.3 Å². The predicted octanol–water partition coefficient (Wildman–Crippen LogP) is 0.873. The molecular formula is C12H15N3O2. The second-order valence-corrected chi connectivity index (χ2v) is 4.33. The van der Waals surface area contributed by atoms with E-state index in [0.29, 0.717) is 0 Å². The van der Waals surface area contributed by atoms with Crippen molar-refractivity contribution in [3.05, 3.63) is 28.7 Å². The zero-order valence-electron chi connectivity index (χ0n) is 9.69. The summed E-state index contributed by atoms with van der Waals surface area (Å²) in [6.07, 6.45) is 0.990. The maximum absolute atomic E-state index is 12.0. The Labute approximate surface area is 98.4 Å². The third-order valence-electron chi connectivity index (χ3n) is 3.32. The minimum atomic E-state index is -0.0399. The predicted molar refractivity (Wildman–Crippen MR) is 65.6 cm³/mol. The highest BCUT2D eigenvalue weighted by atomic mass is 16.5. The lowest BCUT2D eigenvalue weighted by Crippen LogP contribution is -2.23. The van der Waals surface area contributed by atoms with E-state index in [1.54, 1.807) is 7.11 Å². The van der Waals surface area contributed by atoms with E-state index < -0.39 is 0 Å². The third-order valence-corrected chi connectivity index (χ3v) is 3.32. The van der Waals surface area contributed by atoms with Crippen LogP contribution < -0.4 is 15.7 Å². The Balaban J connectivity index is 2.20. The van der Waals surface area contributed by atoms with E-state index in [1.807, 2.05) is 22.8 Å². The van der Waals surface area contributed by atoms with Crippen LogP contribution in [0, 0.1) is 0 Å². The number of nitrogens with one attached hydrogen (secondary N) is 2. The largest absolute Gasteiger partial charge is 0.497 e. The molecule has 1 fully saturated rings. The quantitative estimate of drug-likeness (QED) is 0.809. The number of nitrogens with zero attached hydrogens (tertiary/aromatic N) is 1. The van der Waals surface area contributed by atoms with Crippen molar-refractivity contribution in [1.29, 1.82) is 0 Å². The molecule has 17 heavy (non-hydrogen) atoms. The number of imidazole rings is 1. The lowest BCUT2D eigenvalue weighted by molar-refractivity contribution is 0.415. The summed E-state index contributed by atoms with van der Waals surface area (Å²) in [7, 11) is 1.63. The molecule has 1 atom stereocenters. The van der Waals surface area contributed by atoms with Crippen molar-refractivity contribution in [2.24, 2.45) is 0 Å². The van der Waals surface area contributed by atoms with Gasteiger partial charge >= 0.3 is 5.69 Å². The van der Waals surface area contributed by atoms with Crippen molar-refractivity contribution < 1.29 is 4.74 Å². The Morgan fingerprint density at radius 1 is 1.47 bits per heavy atom. The number of rotatable bonds is 2. The molecule has 0 spiro atoms. The summed E-state index contributed by atoms with van der Waals surface area (Å²) < 4.78 is 7.04. The van der Waals surface area contributed by atoms with Gasteiger partial charge in [-0.05, 0) is 25.1 Å². The van der Waals surface area contributed by atoms with Crippen LogP contribution in [0.15, 0.2) is 23.0 Å². The SMILES string of the molecule is COc1ccc2[nH]c(=O)n(C3CCNC3)c2c1. The number of aromatic nitrogens is 2. The van der Waals surface area contributed by atoms with Crippen LogP contribution in [0.25, 0.3) is 11.0 Å². The monoisotopic (exact) mass is 233 g/mol. The molecule has 0 aliphatic carbocycles. The maximum Gasteiger partial charge on any atom is 0.326 e. The number of methoxy groups -OCH3 is 1. The van der Waals surface area contributed by atoms with E-state index in [4.69, 9.17) is 4.74 Å². The van der Waals surface area contributed by atoms with Crippen molar-refractivity contribution in [2.45, 2.75) is 12.5 Å². The zero-order valence-corrected chi connectivity index (χ0v) is 9.69. The van der Waals surface area contributed by atoms with Crippen LogP contribution in [-0.4, -0.2) is 29.8 Å². The summed E-state index contributed by atoms with van der Waals surface area (Å²) in [5.41, 5.74) is 1.74. The van der Waals surface area contributed by atoms with E-state index in [0.717, 1.165) is 36.3 Å². The van der Waals surface area contributed by atoms with Gasteiger partial charge in [-0.2, -0.15) is 0 Å².